The van der Waals surface area contributed by atoms with Gasteiger partial charge in [-0.1, -0.05) is 23.7 Å². The van der Waals surface area contributed by atoms with Crippen molar-refractivity contribution in [2.24, 2.45) is 5.73 Å². The lowest BCUT2D eigenvalue weighted by molar-refractivity contribution is -0.116. The fourth-order valence-electron chi connectivity index (χ4n) is 4.49. The van der Waals surface area contributed by atoms with Gasteiger partial charge in [0.2, 0.25) is 0 Å². The number of nitrogens with zero attached hydrogens (tertiary/aromatic N) is 2. The first-order valence-electron chi connectivity index (χ1n) is 11.1. The molecule has 1 aliphatic carbocycles. The van der Waals surface area contributed by atoms with E-state index in [1.807, 2.05) is 50.4 Å². The SMILES string of the molecule is CCOc1cc([C@@H]2C(C#N)=C(N)N(C)C3=C2C(=O)CCC3)cc(I)c1OCc1ccc(Cl)cc1. The molecular weight excluding hydrogens is 565 g/mol. The molecule has 2 aromatic carbocycles. The summed E-state index contributed by atoms with van der Waals surface area (Å²) in [4.78, 5) is 14.8. The second-order valence-corrected chi connectivity index (χ2v) is 9.82. The first-order chi connectivity index (χ1) is 16.3. The third kappa shape index (κ3) is 4.62. The number of rotatable bonds is 6. The Morgan fingerprint density at radius 2 is 1.97 bits per heavy atom. The van der Waals surface area contributed by atoms with E-state index in [1.165, 1.54) is 0 Å². The van der Waals surface area contributed by atoms with Crippen LogP contribution in [0.2, 0.25) is 5.02 Å². The minimum absolute atomic E-state index is 0.0642. The van der Waals surface area contributed by atoms with Crippen molar-refractivity contribution >= 4 is 40.0 Å². The van der Waals surface area contributed by atoms with Gasteiger partial charge in [-0.3, -0.25) is 4.79 Å². The van der Waals surface area contributed by atoms with Crippen molar-refractivity contribution in [1.29, 1.82) is 5.26 Å². The van der Waals surface area contributed by atoms with Crippen LogP contribution in [-0.2, 0) is 11.4 Å². The van der Waals surface area contributed by atoms with E-state index >= 15 is 0 Å². The lowest BCUT2D eigenvalue weighted by Crippen LogP contribution is -2.36. The van der Waals surface area contributed by atoms with Crippen LogP contribution in [0.25, 0.3) is 0 Å². The van der Waals surface area contributed by atoms with Crippen molar-refractivity contribution in [1.82, 2.24) is 4.90 Å². The fraction of sp³-hybridized carbons (Fsp3) is 0.308. The maximum absolute atomic E-state index is 13.0. The largest absolute Gasteiger partial charge is 0.490 e. The molecule has 2 N–H and O–H groups in total. The van der Waals surface area contributed by atoms with Crippen molar-refractivity contribution in [2.75, 3.05) is 13.7 Å². The van der Waals surface area contributed by atoms with Crippen molar-refractivity contribution in [3.8, 4) is 17.6 Å². The number of allylic oxidation sites excluding steroid dienone is 3. The van der Waals surface area contributed by atoms with Gasteiger partial charge in [0.25, 0.3) is 0 Å². The van der Waals surface area contributed by atoms with Crippen LogP contribution >= 0.6 is 34.2 Å². The molecule has 1 aliphatic heterocycles. The monoisotopic (exact) mass is 589 g/mol. The van der Waals surface area contributed by atoms with Crippen LogP contribution in [0.3, 0.4) is 0 Å². The van der Waals surface area contributed by atoms with Crippen LogP contribution < -0.4 is 15.2 Å². The Bertz CT molecular complexity index is 1230. The molecule has 1 heterocycles. The predicted octanol–water partition coefficient (Wildman–Crippen LogP) is 5.65. The Morgan fingerprint density at radius 1 is 1.24 bits per heavy atom. The topological polar surface area (TPSA) is 88.6 Å². The van der Waals surface area contributed by atoms with Gasteiger partial charge in [-0.2, -0.15) is 5.26 Å². The van der Waals surface area contributed by atoms with E-state index in [0.717, 1.165) is 33.2 Å². The number of nitriles is 1. The molecule has 1 atom stereocenters. The van der Waals surface area contributed by atoms with Gasteiger partial charge in [0, 0.05) is 29.8 Å². The number of ketones is 1. The molecule has 4 rings (SSSR count). The number of ether oxygens (including phenoxy) is 2. The molecular formula is C26H25ClIN3O3. The van der Waals surface area contributed by atoms with E-state index in [-0.39, 0.29) is 5.78 Å². The molecule has 0 spiro atoms. The third-order valence-electron chi connectivity index (χ3n) is 6.13. The standard InChI is InChI=1S/C26H25ClIN3O3/c1-3-33-22-12-16(11-19(28)25(22)34-14-15-7-9-17(27)10-8-15)23-18(13-29)26(30)31(2)20-5-4-6-21(32)24(20)23/h7-12,23H,3-6,14,30H2,1-2H3/t23-/m1/s1. The lowest BCUT2D eigenvalue weighted by Gasteiger charge is -2.37. The summed E-state index contributed by atoms with van der Waals surface area (Å²) in [6, 6.07) is 13.6. The van der Waals surface area contributed by atoms with Crippen molar-refractivity contribution in [2.45, 2.75) is 38.7 Å². The number of carbonyl (C=O) groups is 1. The third-order valence-corrected chi connectivity index (χ3v) is 7.18. The number of benzene rings is 2. The molecule has 0 amide bonds. The van der Waals surface area contributed by atoms with E-state index in [9.17, 15) is 10.1 Å². The van der Waals surface area contributed by atoms with Crippen molar-refractivity contribution < 1.29 is 14.3 Å². The van der Waals surface area contributed by atoms with Crippen LogP contribution in [0.1, 0.15) is 43.2 Å². The average molecular weight is 590 g/mol. The average Bonchev–Trinajstić information content (AvgIpc) is 2.82. The normalized spacial score (nSPS) is 18.0. The zero-order valence-electron chi connectivity index (χ0n) is 19.0. The summed E-state index contributed by atoms with van der Waals surface area (Å²) in [6.45, 7) is 2.70. The highest BCUT2D eigenvalue weighted by Crippen LogP contribution is 2.46. The summed E-state index contributed by atoms with van der Waals surface area (Å²) in [7, 11) is 1.82. The number of nitrogens with two attached hydrogens (primary N) is 1. The highest BCUT2D eigenvalue weighted by atomic mass is 127. The molecule has 176 valence electrons. The molecule has 0 unspecified atom stereocenters. The van der Waals surface area contributed by atoms with E-state index in [0.29, 0.717) is 53.1 Å². The Balaban J connectivity index is 1.77. The number of halogens is 2. The Kier molecular flexibility index (Phi) is 7.39. The van der Waals surface area contributed by atoms with Gasteiger partial charge in [-0.05, 0) is 77.7 Å². The molecule has 34 heavy (non-hydrogen) atoms. The van der Waals surface area contributed by atoms with Gasteiger partial charge >= 0.3 is 0 Å². The minimum atomic E-state index is -0.526. The van der Waals surface area contributed by atoms with Gasteiger partial charge in [-0.25, -0.2) is 0 Å². The number of hydrogen-bond acceptors (Lipinski definition) is 6. The fourth-order valence-corrected chi connectivity index (χ4v) is 5.40. The van der Waals surface area contributed by atoms with Gasteiger partial charge in [0.05, 0.1) is 27.7 Å². The van der Waals surface area contributed by atoms with Crippen LogP contribution in [0.5, 0.6) is 11.5 Å². The van der Waals surface area contributed by atoms with Gasteiger partial charge in [0.15, 0.2) is 17.3 Å². The predicted molar refractivity (Wildman–Crippen MR) is 139 cm³/mol. The van der Waals surface area contributed by atoms with Crippen LogP contribution in [0.15, 0.2) is 59.1 Å². The summed E-state index contributed by atoms with van der Waals surface area (Å²) in [5.41, 5.74) is 10.1. The molecule has 0 aromatic heterocycles. The Morgan fingerprint density at radius 3 is 2.65 bits per heavy atom. The molecule has 0 bridgehead atoms. The Hall–Kier alpha value is -2.70. The number of carbonyl (C=O) groups excluding carboxylic acids is 1. The van der Waals surface area contributed by atoms with Crippen LogP contribution in [0, 0.1) is 14.9 Å². The van der Waals surface area contributed by atoms with Gasteiger partial charge in [0.1, 0.15) is 12.4 Å². The van der Waals surface area contributed by atoms with Gasteiger partial charge < -0.3 is 20.1 Å². The lowest BCUT2D eigenvalue weighted by atomic mass is 9.76. The van der Waals surface area contributed by atoms with Crippen molar-refractivity contribution in [3.05, 3.63) is 78.8 Å². The molecule has 6 nitrogen and oxygen atoms in total. The van der Waals surface area contributed by atoms with E-state index < -0.39 is 5.92 Å². The molecule has 0 saturated carbocycles. The van der Waals surface area contributed by atoms with Crippen LogP contribution in [0.4, 0.5) is 0 Å². The summed E-state index contributed by atoms with van der Waals surface area (Å²) in [5.74, 6) is 1.11. The van der Waals surface area contributed by atoms with E-state index in [2.05, 4.69) is 28.7 Å². The highest BCUT2D eigenvalue weighted by Gasteiger charge is 2.39. The first-order valence-corrected chi connectivity index (χ1v) is 12.5. The molecule has 2 aliphatic rings. The second kappa shape index (κ2) is 10.3. The maximum atomic E-state index is 13.0. The number of Topliss-reactive ketones (excluding diaryl/α,β-unsaturated/α-hetero) is 1. The highest BCUT2D eigenvalue weighted by molar-refractivity contribution is 14.1. The smallest absolute Gasteiger partial charge is 0.174 e. The zero-order valence-corrected chi connectivity index (χ0v) is 21.9. The minimum Gasteiger partial charge on any atom is -0.490 e. The van der Waals surface area contributed by atoms with Gasteiger partial charge in [-0.15, -0.1) is 0 Å². The molecule has 0 fully saturated rings. The zero-order chi connectivity index (χ0) is 24.4. The Labute approximate surface area is 218 Å². The van der Waals surface area contributed by atoms with E-state index in [4.69, 9.17) is 26.8 Å². The summed E-state index contributed by atoms with van der Waals surface area (Å²) in [6.07, 6.45) is 2.01. The molecule has 0 saturated heterocycles. The summed E-state index contributed by atoms with van der Waals surface area (Å²) < 4.78 is 12.9. The van der Waals surface area contributed by atoms with E-state index in [1.54, 1.807) is 4.90 Å². The molecule has 0 radical (unpaired) electrons. The molecule has 8 heteroatoms. The molecule has 2 aromatic rings. The van der Waals surface area contributed by atoms with Crippen molar-refractivity contribution in [3.63, 3.8) is 0 Å². The summed E-state index contributed by atoms with van der Waals surface area (Å²) >= 11 is 8.19. The summed E-state index contributed by atoms with van der Waals surface area (Å²) in [5, 5.41) is 10.7. The maximum Gasteiger partial charge on any atom is 0.174 e. The quantitative estimate of drug-likeness (QED) is 0.438. The first kappa shape index (κ1) is 24.4. The second-order valence-electron chi connectivity index (χ2n) is 8.22. The number of hydrogen-bond donors (Lipinski definition) is 1. The van der Waals surface area contributed by atoms with Crippen LogP contribution in [-0.4, -0.2) is 24.3 Å².